The maximum absolute atomic E-state index is 8.36. The SMILES string of the molecule is O=CO.O=[PH3]. The third kappa shape index (κ3) is 119. The molecule has 0 aliphatic carbocycles. The van der Waals surface area contributed by atoms with Crippen molar-refractivity contribution in [1.82, 2.24) is 0 Å². The molecule has 0 radical (unpaired) electrons. The van der Waals surface area contributed by atoms with Crippen LogP contribution < -0.4 is 0 Å². The number of hydrogen-bond acceptors (Lipinski definition) is 2. The van der Waals surface area contributed by atoms with Gasteiger partial charge in [-0.1, -0.05) is 0 Å². The lowest BCUT2D eigenvalue weighted by atomic mass is 11.7. The quantitative estimate of drug-likeness (QED) is 0.331. The topological polar surface area (TPSA) is 54.4 Å². The molecule has 0 saturated heterocycles. The minimum atomic E-state index is -0.250. The molecule has 0 aliphatic heterocycles. The predicted octanol–water partition coefficient (Wildman–Crippen LogP) is -0.360. The molecule has 0 saturated carbocycles. The first kappa shape index (κ1) is 8.83. The molecule has 1 unspecified atom stereocenters. The summed E-state index contributed by atoms with van der Waals surface area (Å²) in [4.78, 5) is 8.36. The largest absolute Gasteiger partial charge is 0.483 e. The van der Waals surface area contributed by atoms with Gasteiger partial charge in [0.1, 0.15) is 0 Å². The Labute approximate surface area is 31.2 Å². The highest BCUT2D eigenvalue weighted by Gasteiger charge is 1.22. The molecule has 3 nitrogen and oxygen atoms in total. The molecule has 0 bridgehead atoms. The van der Waals surface area contributed by atoms with Crippen molar-refractivity contribution in [2.24, 2.45) is 0 Å². The molecule has 0 aromatic heterocycles. The van der Waals surface area contributed by atoms with E-state index in [9.17, 15) is 0 Å². The summed E-state index contributed by atoms with van der Waals surface area (Å²) in [6.45, 7) is -0.250. The van der Waals surface area contributed by atoms with Crippen LogP contribution in [-0.2, 0) is 9.36 Å². The van der Waals surface area contributed by atoms with E-state index in [2.05, 4.69) is 0 Å². The van der Waals surface area contributed by atoms with Crippen molar-refractivity contribution in [3.63, 3.8) is 0 Å². The lowest BCUT2D eigenvalue weighted by Gasteiger charge is -1.34. The lowest BCUT2D eigenvalue weighted by Crippen LogP contribution is -1.49. The van der Waals surface area contributed by atoms with Gasteiger partial charge in [0.2, 0.25) is 0 Å². The van der Waals surface area contributed by atoms with E-state index in [1.165, 1.54) is 0 Å². The summed E-state index contributed by atoms with van der Waals surface area (Å²) in [5, 5.41) is 6.89. The van der Waals surface area contributed by atoms with E-state index in [1.54, 1.807) is 0 Å². The first-order valence-electron chi connectivity index (χ1n) is 0.783. The summed E-state index contributed by atoms with van der Waals surface area (Å²) < 4.78 is 8.28. The minimum Gasteiger partial charge on any atom is -0.483 e. The van der Waals surface area contributed by atoms with Gasteiger partial charge in [0.15, 0.2) is 0 Å². The van der Waals surface area contributed by atoms with Gasteiger partial charge in [-0.15, -0.1) is 0 Å². The lowest BCUT2D eigenvalue weighted by molar-refractivity contribution is -0.122. The van der Waals surface area contributed by atoms with Gasteiger partial charge in [-0.25, -0.2) is 0 Å². The maximum atomic E-state index is 8.36. The zero-order chi connectivity index (χ0) is 4.71. The van der Waals surface area contributed by atoms with E-state index in [4.69, 9.17) is 14.5 Å². The highest BCUT2D eigenvalue weighted by molar-refractivity contribution is 7.00. The smallest absolute Gasteiger partial charge is 0.290 e. The second-order valence-corrected chi connectivity index (χ2v) is 0.105. The fourth-order valence-corrected chi connectivity index (χ4v) is 0. The molecule has 5 heavy (non-hydrogen) atoms. The van der Waals surface area contributed by atoms with Crippen LogP contribution in [0.15, 0.2) is 0 Å². The molecule has 0 rings (SSSR count). The van der Waals surface area contributed by atoms with E-state index >= 15 is 0 Å². The molecule has 1 atom stereocenters. The highest BCUT2D eigenvalue weighted by Crippen LogP contribution is 1.23. The molecule has 1 N–H and O–H groups in total. The molecule has 0 aliphatic rings. The van der Waals surface area contributed by atoms with Gasteiger partial charge in [-0.05, 0) is 0 Å². The Morgan fingerprint density at radius 1 is 1.60 bits per heavy atom. The van der Waals surface area contributed by atoms with Crippen LogP contribution in [0.5, 0.6) is 0 Å². The summed E-state index contributed by atoms with van der Waals surface area (Å²) in [5.74, 6) is 0. The van der Waals surface area contributed by atoms with Crippen LogP contribution in [0.25, 0.3) is 0 Å². The Balaban J connectivity index is 0. The molecular formula is CH5O3P. The monoisotopic (exact) mass is 96.0 g/mol. The Morgan fingerprint density at radius 3 is 1.60 bits per heavy atom. The van der Waals surface area contributed by atoms with Crippen molar-refractivity contribution in [3.05, 3.63) is 0 Å². The predicted molar refractivity (Wildman–Crippen MR) is 20.5 cm³/mol. The minimum absolute atomic E-state index is 0.250. The fraction of sp³-hybridized carbons (Fsp3) is 0. The van der Waals surface area contributed by atoms with Crippen molar-refractivity contribution >= 4 is 15.6 Å². The fourth-order valence-electron chi connectivity index (χ4n) is 0. The van der Waals surface area contributed by atoms with Crippen molar-refractivity contribution in [2.75, 3.05) is 0 Å². The molecule has 0 fully saturated rings. The molecule has 0 amide bonds. The van der Waals surface area contributed by atoms with Crippen LogP contribution in [0.3, 0.4) is 0 Å². The van der Waals surface area contributed by atoms with Crippen molar-refractivity contribution in [1.29, 1.82) is 0 Å². The van der Waals surface area contributed by atoms with E-state index in [0.29, 0.717) is 9.12 Å². The van der Waals surface area contributed by atoms with Gasteiger partial charge in [0.25, 0.3) is 6.47 Å². The van der Waals surface area contributed by atoms with Gasteiger partial charge in [-0.3, -0.25) is 4.79 Å². The molecule has 0 aromatic carbocycles. The van der Waals surface area contributed by atoms with Crippen LogP contribution in [-0.4, -0.2) is 11.6 Å². The molecule has 0 spiro atoms. The van der Waals surface area contributed by atoms with Crippen LogP contribution in [0.2, 0.25) is 0 Å². The Morgan fingerprint density at radius 2 is 1.60 bits per heavy atom. The molecular weight excluding hydrogens is 91.0 g/mol. The Kier molecular flexibility index (Phi) is 97.2. The summed E-state index contributed by atoms with van der Waals surface area (Å²) in [6, 6.07) is 0. The number of carbonyl (C=O) groups is 1. The second kappa shape index (κ2) is 55.0. The molecule has 4 heteroatoms. The first-order chi connectivity index (χ1) is 2.41. The summed E-state index contributed by atoms with van der Waals surface area (Å²) >= 11 is 0. The Bertz CT molecular complexity index is 20.9. The van der Waals surface area contributed by atoms with Crippen LogP contribution in [0, 0.1) is 0 Å². The van der Waals surface area contributed by atoms with Gasteiger partial charge >= 0.3 is 0 Å². The summed E-state index contributed by atoms with van der Waals surface area (Å²) in [6.07, 6.45) is 0. The molecule has 0 heterocycles. The second-order valence-electron chi connectivity index (χ2n) is 0.105. The van der Waals surface area contributed by atoms with Crippen LogP contribution in [0.4, 0.5) is 0 Å². The number of carboxylic acid groups (broad SMARTS) is 1. The highest BCUT2D eigenvalue weighted by atomic mass is 31.0. The third-order valence-electron chi connectivity index (χ3n) is 0. The summed E-state index contributed by atoms with van der Waals surface area (Å²) in [7, 11) is 0.611. The zero-order valence-electron chi connectivity index (χ0n) is 2.55. The summed E-state index contributed by atoms with van der Waals surface area (Å²) in [5.41, 5.74) is 0. The zero-order valence-corrected chi connectivity index (χ0v) is 3.96. The Hall–Kier alpha value is -0.300. The van der Waals surface area contributed by atoms with Gasteiger partial charge in [-0.2, -0.15) is 0 Å². The third-order valence-corrected chi connectivity index (χ3v) is 0. The normalized spacial score (nSPS) is 4.00. The van der Waals surface area contributed by atoms with Crippen LogP contribution >= 0.6 is 9.12 Å². The van der Waals surface area contributed by atoms with E-state index < -0.39 is 0 Å². The van der Waals surface area contributed by atoms with Gasteiger partial charge in [0.05, 0.1) is 9.12 Å². The molecule has 0 aromatic rings. The van der Waals surface area contributed by atoms with E-state index in [1.807, 2.05) is 0 Å². The van der Waals surface area contributed by atoms with Crippen LogP contribution in [0.1, 0.15) is 0 Å². The van der Waals surface area contributed by atoms with Gasteiger partial charge < -0.3 is 9.67 Å². The maximum Gasteiger partial charge on any atom is 0.290 e. The average Bonchev–Trinajstić information content (AvgIpc) is 1.46. The first-order valence-corrected chi connectivity index (χ1v) is 1.36. The van der Waals surface area contributed by atoms with Gasteiger partial charge in [0, 0.05) is 0 Å². The number of rotatable bonds is 0. The molecule has 32 valence electrons. The van der Waals surface area contributed by atoms with E-state index in [0.717, 1.165) is 0 Å². The standard InChI is InChI=1S/CH2O2.H3OP/c2-1-3;1-2/h1H,(H,2,3);2H3. The average molecular weight is 96.0 g/mol. The van der Waals surface area contributed by atoms with E-state index in [-0.39, 0.29) is 6.47 Å². The number of hydrogen-bond donors (Lipinski definition) is 1. The van der Waals surface area contributed by atoms with Crippen molar-refractivity contribution in [3.8, 4) is 0 Å². The van der Waals surface area contributed by atoms with Crippen molar-refractivity contribution in [2.45, 2.75) is 0 Å². The van der Waals surface area contributed by atoms with Crippen molar-refractivity contribution < 1.29 is 14.5 Å².